The largest absolute Gasteiger partial charge is 0.479 e. The summed E-state index contributed by atoms with van der Waals surface area (Å²) in [5.74, 6) is 1.58. The number of nitrogens with two attached hydrogens (primary N) is 1. The van der Waals surface area contributed by atoms with Crippen LogP contribution in [0.15, 0.2) is 29.1 Å². The first-order valence-electron chi connectivity index (χ1n) is 5.94. The third-order valence-corrected chi connectivity index (χ3v) is 2.80. The molecule has 0 unspecified atom stereocenters. The number of nitrogen functional groups attached to an aromatic ring is 1. The first-order valence-corrected chi connectivity index (χ1v) is 5.94. The molecule has 9 heteroatoms. The van der Waals surface area contributed by atoms with Crippen LogP contribution in [0.3, 0.4) is 0 Å². The fourth-order valence-corrected chi connectivity index (χ4v) is 1.92. The van der Waals surface area contributed by atoms with E-state index in [4.69, 9.17) is 19.6 Å². The molecule has 9 nitrogen and oxygen atoms in total. The summed E-state index contributed by atoms with van der Waals surface area (Å²) < 4.78 is 17.3. The van der Waals surface area contributed by atoms with Crippen LogP contribution in [0, 0.1) is 0 Å². The standard InChI is InChI=1S/C12H12N6O3/c1-19-10-8(11(20-2)15-6-14-10)18-9(16-17-12(18)13)7-4-3-5-21-7/h3-6H,1-2H3,(H2,13,17). The van der Waals surface area contributed by atoms with E-state index in [0.29, 0.717) is 17.3 Å². The second-order valence-corrected chi connectivity index (χ2v) is 3.94. The van der Waals surface area contributed by atoms with E-state index in [9.17, 15) is 0 Å². The molecule has 0 radical (unpaired) electrons. The molecule has 3 aromatic rings. The summed E-state index contributed by atoms with van der Waals surface area (Å²) in [6, 6.07) is 3.48. The van der Waals surface area contributed by atoms with Crippen LogP contribution in [0.25, 0.3) is 17.3 Å². The zero-order valence-corrected chi connectivity index (χ0v) is 11.3. The maximum Gasteiger partial charge on any atom is 0.245 e. The molecular weight excluding hydrogens is 276 g/mol. The van der Waals surface area contributed by atoms with Crippen LogP contribution in [0.2, 0.25) is 0 Å². The van der Waals surface area contributed by atoms with Gasteiger partial charge in [-0.15, -0.1) is 10.2 Å². The Morgan fingerprint density at radius 2 is 1.86 bits per heavy atom. The highest BCUT2D eigenvalue weighted by Crippen LogP contribution is 2.33. The molecule has 3 aromatic heterocycles. The molecule has 0 spiro atoms. The molecule has 0 fully saturated rings. The average Bonchev–Trinajstić information content (AvgIpc) is 3.15. The van der Waals surface area contributed by atoms with Crippen molar-refractivity contribution in [2.45, 2.75) is 0 Å². The lowest BCUT2D eigenvalue weighted by molar-refractivity contribution is 0.368. The van der Waals surface area contributed by atoms with Crippen molar-refractivity contribution in [3.8, 4) is 29.0 Å². The van der Waals surface area contributed by atoms with Crippen molar-refractivity contribution in [1.82, 2.24) is 24.7 Å². The Morgan fingerprint density at radius 1 is 1.14 bits per heavy atom. The van der Waals surface area contributed by atoms with Crippen molar-refractivity contribution in [3.05, 3.63) is 24.7 Å². The van der Waals surface area contributed by atoms with Gasteiger partial charge in [0.1, 0.15) is 6.33 Å². The van der Waals surface area contributed by atoms with Crippen LogP contribution in [0.1, 0.15) is 0 Å². The molecule has 0 atom stereocenters. The number of ether oxygens (including phenoxy) is 2. The summed E-state index contributed by atoms with van der Waals surface area (Å²) >= 11 is 0. The molecule has 0 aliphatic rings. The van der Waals surface area contributed by atoms with Gasteiger partial charge in [-0.05, 0) is 12.1 Å². The molecule has 0 bridgehead atoms. The minimum absolute atomic E-state index is 0.132. The highest BCUT2D eigenvalue weighted by Gasteiger charge is 2.23. The lowest BCUT2D eigenvalue weighted by Gasteiger charge is -2.13. The molecule has 108 valence electrons. The van der Waals surface area contributed by atoms with Gasteiger partial charge in [-0.2, -0.15) is 9.97 Å². The number of rotatable bonds is 4. The van der Waals surface area contributed by atoms with E-state index >= 15 is 0 Å². The predicted molar refractivity (Wildman–Crippen MR) is 72.2 cm³/mol. The minimum atomic E-state index is 0.132. The van der Waals surface area contributed by atoms with E-state index in [1.54, 1.807) is 12.1 Å². The van der Waals surface area contributed by atoms with Gasteiger partial charge in [-0.1, -0.05) is 0 Å². The normalized spacial score (nSPS) is 10.6. The third-order valence-electron chi connectivity index (χ3n) is 2.80. The Balaban J connectivity index is 2.29. The molecule has 0 saturated carbocycles. The lowest BCUT2D eigenvalue weighted by Crippen LogP contribution is -2.08. The lowest BCUT2D eigenvalue weighted by atomic mass is 10.4. The van der Waals surface area contributed by atoms with E-state index in [0.717, 1.165) is 0 Å². The summed E-state index contributed by atoms with van der Waals surface area (Å²) in [6.45, 7) is 0. The first-order chi connectivity index (χ1) is 10.3. The Kier molecular flexibility index (Phi) is 3.14. The maximum atomic E-state index is 5.91. The minimum Gasteiger partial charge on any atom is -0.479 e. The van der Waals surface area contributed by atoms with Gasteiger partial charge < -0.3 is 19.6 Å². The van der Waals surface area contributed by atoms with E-state index in [-0.39, 0.29) is 17.7 Å². The number of aromatic nitrogens is 5. The van der Waals surface area contributed by atoms with Gasteiger partial charge in [0.05, 0.1) is 20.5 Å². The fraction of sp³-hybridized carbons (Fsp3) is 0.167. The SMILES string of the molecule is COc1ncnc(OC)c1-n1c(N)nnc1-c1ccco1. The zero-order valence-electron chi connectivity index (χ0n) is 11.3. The van der Waals surface area contributed by atoms with Gasteiger partial charge in [0.2, 0.25) is 23.5 Å². The van der Waals surface area contributed by atoms with Crippen molar-refractivity contribution < 1.29 is 13.9 Å². The molecule has 0 aromatic carbocycles. The summed E-state index contributed by atoms with van der Waals surface area (Å²) in [6.07, 6.45) is 2.86. The van der Waals surface area contributed by atoms with E-state index < -0.39 is 0 Å². The molecule has 0 aliphatic heterocycles. The second-order valence-electron chi connectivity index (χ2n) is 3.94. The molecule has 0 aliphatic carbocycles. The van der Waals surface area contributed by atoms with Crippen molar-refractivity contribution in [3.63, 3.8) is 0 Å². The smallest absolute Gasteiger partial charge is 0.245 e. The Labute approximate surface area is 119 Å². The van der Waals surface area contributed by atoms with Crippen LogP contribution in [-0.2, 0) is 0 Å². The molecule has 3 heterocycles. The van der Waals surface area contributed by atoms with Gasteiger partial charge in [0.15, 0.2) is 11.4 Å². The van der Waals surface area contributed by atoms with E-state index in [2.05, 4.69) is 20.2 Å². The van der Waals surface area contributed by atoms with Gasteiger partial charge >= 0.3 is 0 Å². The predicted octanol–water partition coefficient (Wildman–Crippen LogP) is 0.917. The number of anilines is 1. The monoisotopic (exact) mass is 288 g/mol. The van der Waals surface area contributed by atoms with Gasteiger partial charge in [0, 0.05) is 0 Å². The average molecular weight is 288 g/mol. The number of hydrogen-bond donors (Lipinski definition) is 1. The van der Waals surface area contributed by atoms with Gasteiger partial charge in [0.25, 0.3) is 0 Å². The zero-order chi connectivity index (χ0) is 14.8. The Bertz CT molecular complexity index is 730. The topological polar surface area (TPSA) is 114 Å². The number of nitrogens with zero attached hydrogens (tertiary/aromatic N) is 5. The first kappa shape index (κ1) is 12.9. The quantitative estimate of drug-likeness (QED) is 0.753. The molecule has 2 N–H and O–H groups in total. The second kappa shape index (κ2) is 5.12. The number of methoxy groups -OCH3 is 2. The third kappa shape index (κ3) is 2.04. The van der Waals surface area contributed by atoms with Crippen molar-refractivity contribution >= 4 is 5.95 Å². The van der Waals surface area contributed by atoms with E-state index in [1.807, 2.05) is 0 Å². The molecule has 3 rings (SSSR count). The van der Waals surface area contributed by atoms with Crippen molar-refractivity contribution in [2.75, 3.05) is 20.0 Å². The molecular formula is C12H12N6O3. The van der Waals surface area contributed by atoms with E-state index in [1.165, 1.54) is 31.4 Å². The number of hydrogen-bond acceptors (Lipinski definition) is 8. The Morgan fingerprint density at radius 3 is 2.43 bits per heavy atom. The maximum absolute atomic E-state index is 5.91. The van der Waals surface area contributed by atoms with Gasteiger partial charge in [-0.25, -0.2) is 4.57 Å². The molecule has 0 amide bonds. The van der Waals surface area contributed by atoms with Crippen LogP contribution in [0.4, 0.5) is 5.95 Å². The van der Waals surface area contributed by atoms with Crippen LogP contribution in [0.5, 0.6) is 11.8 Å². The Hall–Kier alpha value is -3.10. The number of furan rings is 1. The highest BCUT2D eigenvalue weighted by molar-refractivity contribution is 5.61. The molecule has 21 heavy (non-hydrogen) atoms. The van der Waals surface area contributed by atoms with Gasteiger partial charge in [-0.3, -0.25) is 0 Å². The summed E-state index contributed by atoms with van der Waals surface area (Å²) in [5, 5.41) is 7.88. The van der Waals surface area contributed by atoms with Crippen LogP contribution < -0.4 is 15.2 Å². The fourth-order valence-electron chi connectivity index (χ4n) is 1.92. The summed E-state index contributed by atoms with van der Waals surface area (Å²) in [7, 11) is 2.97. The van der Waals surface area contributed by atoms with Crippen molar-refractivity contribution in [2.24, 2.45) is 0 Å². The summed E-state index contributed by atoms with van der Waals surface area (Å²) in [5.41, 5.74) is 6.31. The van der Waals surface area contributed by atoms with Crippen LogP contribution >= 0.6 is 0 Å². The summed E-state index contributed by atoms with van der Waals surface area (Å²) in [4.78, 5) is 8.10. The van der Waals surface area contributed by atoms with Crippen molar-refractivity contribution in [1.29, 1.82) is 0 Å². The molecule has 0 saturated heterocycles. The van der Waals surface area contributed by atoms with Crippen LogP contribution in [-0.4, -0.2) is 39.0 Å². The highest BCUT2D eigenvalue weighted by atomic mass is 16.5.